The Labute approximate surface area is 136 Å². The predicted molar refractivity (Wildman–Crippen MR) is 87.3 cm³/mol. The Morgan fingerprint density at radius 2 is 1.91 bits per heavy atom. The smallest absolute Gasteiger partial charge is 0.271 e. The molecular formula is C14H11N3O4S2. The molecule has 1 aromatic carbocycles. The summed E-state index contributed by atoms with van der Waals surface area (Å²) in [5, 5.41) is 13.0. The number of nitrogens with zero attached hydrogens (tertiary/aromatic N) is 1. The maximum atomic E-state index is 12.4. The van der Waals surface area contributed by atoms with Crippen LogP contribution in [0.25, 0.3) is 6.08 Å². The summed E-state index contributed by atoms with van der Waals surface area (Å²) < 4.78 is 27.7. The number of carbonyl (C=O) groups excluding carboxylic acids is 1. The van der Waals surface area contributed by atoms with Gasteiger partial charge < -0.3 is 4.42 Å². The quantitative estimate of drug-likeness (QED) is 0.822. The molecule has 1 aliphatic rings. The Hall–Kier alpha value is -2.36. The van der Waals surface area contributed by atoms with Crippen LogP contribution in [-0.2, 0) is 14.8 Å². The Kier molecular flexibility index (Phi) is 3.84. The number of anilines is 1. The van der Waals surface area contributed by atoms with Gasteiger partial charge in [-0.25, -0.2) is 13.6 Å². The molecule has 0 bridgehead atoms. The van der Waals surface area contributed by atoms with Gasteiger partial charge >= 0.3 is 0 Å². The van der Waals surface area contributed by atoms with Crippen molar-refractivity contribution in [3.05, 3.63) is 53.3 Å². The van der Waals surface area contributed by atoms with Crippen LogP contribution in [0.2, 0.25) is 0 Å². The molecule has 0 unspecified atom stereocenters. The van der Waals surface area contributed by atoms with Crippen LogP contribution in [0.1, 0.15) is 5.76 Å². The average molecular weight is 349 g/mol. The molecule has 3 rings (SSSR count). The summed E-state index contributed by atoms with van der Waals surface area (Å²) >= 11 is 1.00. The van der Waals surface area contributed by atoms with Crippen molar-refractivity contribution in [2.24, 2.45) is 5.14 Å². The Balaban J connectivity index is 1.91. The standard InChI is InChI=1S/C14H11N3O4S2/c15-14-17(9-3-5-11(6-4-9)23(16,19)20)13(18)12(22-14)8-10-2-1-7-21-10/h1-8,15H,(H2,16,19,20)/b12-8-,15-14?. The number of hydrogen-bond donors (Lipinski definition) is 2. The van der Waals surface area contributed by atoms with Crippen LogP contribution >= 0.6 is 11.8 Å². The van der Waals surface area contributed by atoms with Crippen LogP contribution < -0.4 is 10.0 Å². The van der Waals surface area contributed by atoms with Gasteiger partial charge in [-0.05, 0) is 48.2 Å². The van der Waals surface area contributed by atoms with Crippen LogP contribution in [0, 0.1) is 5.41 Å². The minimum Gasteiger partial charge on any atom is -0.465 e. The van der Waals surface area contributed by atoms with E-state index in [0.29, 0.717) is 16.4 Å². The molecule has 9 heteroatoms. The van der Waals surface area contributed by atoms with E-state index >= 15 is 0 Å². The average Bonchev–Trinajstić information content (AvgIpc) is 3.08. The number of rotatable bonds is 3. The third-order valence-electron chi connectivity index (χ3n) is 3.06. The van der Waals surface area contributed by atoms with Crippen molar-refractivity contribution in [1.82, 2.24) is 0 Å². The molecule has 1 aromatic heterocycles. The van der Waals surface area contributed by atoms with Gasteiger partial charge in [0.05, 0.1) is 21.8 Å². The van der Waals surface area contributed by atoms with Gasteiger partial charge in [-0.1, -0.05) is 0 Å². The third-order valence-corrected chi connectivity index (χ3v) is 4.88. The van der Waals surface area contributed by atoms with Gasteiger partial charge in [0, 0.05) is 6.08 Å². The molecule has 23 heavy (non-hydrogen) atoms. The number of sulfonamides is 1. The van der Waals surface area contributed by atoms with E-state index in [1.165, 1.54) is 35.4 Å². The zero-order valence-electron chi connectivity index (χ0n) is 11.6. The highest BCUT2D eigenvalue weighted by Gasteiger charge is 2.33. The molecule has 0 aliphatic carbocycles. The van der Waals surface area contributed by atoms with E-state index in [-0.39, 0.29) is 16.0 Å². The number of nitrogens with one attached hydrogen (secondary N) is 1. The second-order valence-electron chi connectivity index (χ2n) is 4.61. The van der Waals surface area contributed by atoms with E-state index in [0.717, 1.165) is 11.8 Å². The van der Waals surface area contributed by atoms with Gasteiger partial charge in [0.25, 0.3) is 5.91 Å². The molecule has 2 heterocycles. The highest BCUT2D eigenvalue weighted by molar-refractivity contribution is 8.19. The summed E-state index contributed by atoms with van der Waals surface area (Å²) in [6.07, 6.45) is 3.05. The minimum atomic E-state index is -3.80. The normalized spacial score (nSPS) is 17.3. The van der Waals surface area contributed by atoms with Crippen molar-refractivity contribution in [2.75, 3.05) is 4.90 Å². The first-order valence-electron chi connectivity index (χ1n) is 6.35. The summed E-state index contributed by atoms with van der Waals surface area (Å²) in [7, 11) is -3.80. The molecular weight excluding hydrogens is 338 g/mol. The van der Waals surface area contributed by atoms with E-state index in [9.17, 15) is 13.2 Å². The summed E-state index contributed by atoms with van der Waals surface area (Å²) in [5.41, 5.74) is 0.391. The van der Waals surface area contributed by atoms with Crippen molar-refractivity contribution < 1.29 is 17.6 Å². The molecule has 7 nitrogen and oxygen atoms in total. The number of furan rings is 1. The summed E-state index contributed by atoms with van der Waals surface area (Å²) in [4.78, 5) is 13.9. The summed E-state index contributed by atoms with van der Waals surface area (Å²) in [6.45, 7) is 0. The van der Waals surface area contributed by atoms with Crippen LogP contribution in [0.3, 0.4) is 0 Å². The Morgan fingerprint density at radius 3 is 2.48 bits per heavy atom. The van der Waals surface area contributed by atoms with Gasteiger partial charge in [0.15, 0.2) is 5.17 Å². The fraction of sp³-hybridized carbons (Fsp3) is 0. The predicted octanol–water partition coefficient (Wildman–Crippen LogP) is 1.98. The number of thioether (sulfide) groups is 1. The number of amidine groups is 1. The number of amides is 1. The lowest BCUT2D eigenvalue weighted by atomic mass is 10.3. The maximum Gasteiger partial charge on any atom is 0.271 e. The fourth-order valence-electron chi connectivity index (χ4n) is 2.01. The van der Waals surface area contributed by atoms with Gasteiger partial charge in [-0.2, -0.15) is 0 Å². The van der Waals surface area contributed by atoms with Crippen molar-refractivity contribution in [2.45, 2.75) is 4.90 Å². The van der Waals surface area contributed by atoms with E-state index < -0.39 is 10.0 Å². The lowest BCUT2D eigenvalue weighted by Crippen LogP contribution is -2.28. The van der Waals surface area contributed by atoms with E-state index in [2.05, 4.69) is 0 Å². The van der Waals surface area contributed by atoms with Crippen molar-refractivity contribution in [1.29, 1.82) is 5.41 Å². The molecule has 3 N–H and O–H groups in total. The topological polar surface area (TPSA) is 117 Å². The highest BCUT2D eigenvalue weighted by atomic mass is 32.2. The molecule has 1 amide bonds. The summed E-state index contributed by atoms with van der Waals surface area (Å²) in [6, 6.07) is 8.86. The number of carbonyl (C=O) groups is 1. The molecule has 0 spiro atoms. The molecule has 0 saturated carbocycles. The van der Waals surface area contributed by atoms with E-state index in [1.54, 1.807) is 18.2 Å². The van der Waals surface area contributed by atoms with Crippen LogP contribution in [0.15, 0.2) is 56.9 Å². The second kappa shape index (κ2) is 5.69. The number of primary sulfonamides is 1. The zero-order chi connectivity index (χ0) is 16.6. The monoisotopic (exact) mass is 349 g/mol. The second-order valence-corrected chi connectivity index (χ2v) is 7.20. The van der Waals surface area contributed by atoms with Crippen LogP contribution in [0.4, 0.5) is 5.69 Å². The maximum absolute atomic E-state index is 12.4. The van der Waals surface area contributed by atoms with Gasteiger partial charge in [0.1, 0.15) is 5.76 Å². The van der Waals surface area contributed by atoms with E-state index in [1.807, 2.05) is 0 Å². The van der Waals surface area contributed by atoms with E-state index in [4.69, 9.17) is 15.0 Å². The minimum absolute atomic E-state index is 0.0242. The number of nitrogens with two attached hydrogens (primary N) is 1. The van der Waals surface area contributed by atoms with Crippen LogP contribution in [-0.4, -0.2) is 19.5 Å². The lowest BCUT2D eigenvalue weighted by Gasteiger charge is -2.14. The Bertz CT molecular complexity index is 900. The van der Waals surface area contributed by atoms with Crippen LogP contribution in [0.5, 0.6) is 0 Å². The fourth-order valence-corrected chi connectivity index (χ4v) is 3.37. The van der Waals surface area contributed by atoms with Gasteiger partial charge in [-0.15, -0.1) is 0 Å². The van der Waals surface area contributed by atoms with Crippen molar-refractivity contribution in [3.63, 3.8) is 0 Å². The lowest BCUT2D eigenvalue weighted by molar-refractivity contribution is -0.113. The first-order chi connectivity index (χ1) is 10.9. The highest BCUT2D eigenvalue weighted by Crippen LogP contribution is 2.35. The van der Waals surface area contributed by atoms with Crippen molar-refractivity contribution >= 4 is 44.6 Å². The SMILES string of the molecule is N=C1S/C(=C\c2ccco2)C(=O)N1c1ccc(S(N)(=O)=O)cc1. The molecule has 0 radical (unpaired) electrons. The molecule has 1 fully saturated rings. The van der Waals surface area contributed by atoms with Gasteiger partial charge in [-0.3, -0.25) is 15.1 Å². The Morgan fingerprint density at radius 1 is 1.22 bits per heavy atom. The molecule has 1 aliphatic heterocycles. The molecule has 2 aromatic rings. The molecule has 0 atom stereocenters. The third kappa shape index (κ3) is 3.07. The summed E-state index contributed by atoms with van der Waals surface area (Å²) in [5.74, 6) is 0.139. The van der Waals surface area contributed by atoms with Gasteiger partial charge in [0.2, 0.25) is 10.0 Å². The van der Waals surface area contributed by atoms with Crippen molar-refractivity contribution in [3.8, 4) is 0 Å². The first-order valence-corrected chi connectivity index (χ1v) is 8.71. The number of hydrogen-bond acceptors (Lipinski definition) is 6. The molecule has 118 valence electrons. The first kappa shape index (κ1) is 15.5. The largest absolute Gasteiger partial charge is 0.465 e. The number of benzene rings is 1. The zero-order valence-corrected chi connectivity index (χ0v) is 13.2. The molecule has 1 saturated heterocycles.